The molecule has 0 saturated carbocycles. The molecule has 3 aromatic rings. The van der Waals surface area contributed by atoms with Crippen molar-refractivity contribution in [3.8, 4) is 16.9 Å². The largest absolute Gasteiger partial charge is 0.505 e. The fraction of sp³-hybridized carbons (Fsp3) is 0.130. The Hall–Kier alpha value is -3.56. The summed E-state index contributed by atoms with van der Waals surface area (Å²) in [6.07, 6.45) is 0. The Balaban J connectivity index is 2.13. The Labute approximate surface area is 196 Å². The highest BCUT2D eigenvalue weighted by Crippen LogP contribution is 2.35. The van der Waals surface area contributed by atoms with Crippen molar-refractivity contribution in [1.82, 2.24) is 4.90 Å². The lowest BCUT2D eigenvalue weighted by molar-refractivity contribution is 0.0601. The molecule has 1 amide bonds. The second-order valence-corrected chi connectivity index (χ2v) is 9.29. The minimum atomic E-state index is -4.47. The molecular formula is C23H21ClN2O6S. The molecule has 0 spiro atoms. The zero-order valence-corrected chi connectivity index (χ0v) is 19.6. The summed E-state index contributed by atoms with van der Waals surface area (Å²) < 4.78 is 33.5. The Morgan fingerprint density at radius 3 is 2.27 bits per heavy atom. The number of phenolic OH excluding ortho intramolecular Hbond substituents is 1. The first-order valence-corrected chi connectivity index (χ1v) is 11.5. The topological polar surface area (TPSA) is 113 Å². The van der Waals surface area contributed by atoms with Gasteiger partial charge in [0.1, 0.15) is 4.90 Å². The van der Waals surface area contributed by atoms with E-state index in [1.165, 1.54) is 44.3 Å². The highest BCUT2D eigenvalue weighted by atomic mass is 35.5. The number of esters is 1. The molecule has 2 N–H and O–H groups in total. The van der Waals surface area contributed by atoms with E-state index in [1.54, 1.807) is 6.07 Å². The van der Waals surface area contributed by atoms with Crippen molar-refractivity contribution in [1.29, 1.82) is 0 Å². The van der Waals surface area contributed by atoms with Gasteiger partial charge in [-0.25, -0.2) is 13.2 Å². The number of hydrogen-bond donors (Lipinski definition) is 2. The molecule has 8 nitrogen and oxygen atoms in total. The highest BCUT2D eigenvalue weighted by molar-refractivity contribution is 7.92. The number of hydrogen-bond acceptors (Lipinski definition) is 6. The van der Waals surface area contributed by atoms with Gasteiger partial charge in [-0.05, 0) is 35.4 Å². The first-order chi connectivity index (χ1) is 15.5. The molecule has 0 radical (unpaired) electrons. The van der Waals surface area contributed by atoms with Crippen LogP contribution in [0.15, 0.2) is 65.6 Å². The number of anilines is 1. The smallest absolute Gasteiger partial charge is 0.339 e. The van der Waals surface area contributed by atoms with Gasteiger partial charge in [-0.3, -0.25) is 9.52 Å². The second-order valence-electron chi connectivity index (χ2n) is 7.23. The number of carbonyl (C=O) groups excluding carboxylic acids is 2. The van der Waals surface area contributed by atoms with E-state index in [4.69, 9.17) is 16.3 Å². The van der Waals surface area contributed by atoms with E-state index in [0.29, 0.717) is 5.56 Å². The minimum absolute atomic E-state index is 0.0330. The van der Waals surface area contributed by atoms with Crippen LogP contribution in [0.2, 0.25) is 5.02 Å². The predicted octanol–water partition coefficient (Wildman–Crippen LogP) is 4.00. The van der Waals surface area contributed by atoms with Crippen LogP contribution in [0.5, 0.6) is 5.75 Å². The van der Waals surface area contributed by atoms with Gasteiger partial charge in [0.25, 0.3) is 15.9 Å². The monoisotopic (exact) mass is 488 g/mol. The lowest BCUT2D eigenvalue weighted by Crippen LogP contribution is -2.22. The van der Waals surface area contributed by atoms with E-state index in [9.17, 15) is 23.1 Å². The molecule has 0 atom stereocenters. The van der Waals surface area contributed by atoms with Crippen LogP contribution in [0.1, 0.15) is 20.7 Å². The summed E-state index contributed by atoms with van der Waals surface area (Å²) in [5, 5.41) is 10.0. The molecule has 0 aliphatic rings. The third-order valence-corrected chi connectivity index (χ3v) is 6.41. The van der Waals surface area contributed by atoms with Crippen molar-refractivity contribution in [2.24, 2.45) is 0 Å². The maximum absolute atomic E-state index is 13.2. The number of halogens is 1. The molecule has 3 rings (SSSR count). The fourth-order valence-corrected chi connectivity index (χ4v) is 4.58. The van der Waals surface area contributed by atoms with Crippen LogP contribution in [-0.2, 0) is 14.8 Å². The van der Waals surface area contributed by atoms with Gasteiger partial charge >= 0.3 is 5.97 Å². The van der Waals surface area contributed by atoms with Crippen molar-refractivity contribution in [3.63, 3.8) is 0 Å². The van der Waals surface area contributed by atoms with Crippen LogP contribution in [0.3, 0.4) is 0 Å². The lowest BCUT2D eigenvalue weighted by Gasteiger charge is -2.16. The van der Waals surface area contributed by atoms with E-state index in [-0.39, 0.29) is 21.8 Å². The van der Waals surface area contributed by atoms with Crippen molar-refractivity contribution >= 4 is 39.2 Å². The molecule has 0 saturated heterocycles. The van der Waals surface area contributed by atoms with Crippen molar-refractivity contribution < 1.29 is 27.9 Å². The molecule has 0 heterocycles. The Morgan fingerprint density at radius 2 is 1.67 bits per heavy atom. The summed E-state index contributed by atoms with van der Waals surface area (Å²) in [7, 11) is -0.314. The van der Waals surface area contributed by atoms with Crippen molar-refractivity contribution in [2.45, 2.75) is 4.90 Å². The van der Waals surface area contributed by atoms with Crippen LogP contribution in [0, 0.1) is 0 Å². The molecule has 0 bridgehead atoms. The van der Waals surface area contributed by atoms with Gasteiger partial charge in [0.15, 0.2) is 5.75 Å². The van der Waals surface area contributed by atoms with Crippen LogP contribution in [0.25, 0.3) is 11.1 Å². The SMILES string of the molecule is COC(=O)c1ccc(-c2ccccc2)cc1NS(=O)(=O)c1cc(C(=O)N(C)C)cc(Cl)c1O. The van der Waals surface area contributed by atoms with Gasteiger partial charge in [-0.2, -0.15) is 0 Å². The summed E-state index contributed by atoms with van der Waals surface area (Å²) >= 11 is 6.00. The molecule has 10 heteroatoms. The van der Waals surface area contributed by atoms with Crippen molar-refractivity contribution in [3.05, 3.63) is 76.8 Å². The molecular weight excluding hydrogens is 468 g/mol. The Bertz CT molecular complexity index is 1320. The minimum Gasteiger partial charge on any atom is -0.505 e. The summed E-state index contributed by atoms with van der Waals surface area (Å²) in [5.74, 6) is -1.99. The van der Waals surface area contributed by atoms with Gasteiger partial charge in [0.05, 0.1) is 23.4 Å². The maximum Gasteiger partial charge on any atom is 0.339 e. The Kier molecular flexibility index (Phi) is 6.95. The average Bonchev–Trinajstić information content (AvgIpc) is 2.79. The van der Waals surface area contributed by atoms with Crippen LogP contribution >= 0.6 is 11.6 Å². The zero-order valence-electron chi connectivity index (χ0n) is 18.0. The van der Waals surface area contributed by atoms with E-state index >= 15 is 0 Å². The quantitative estimate of drug-likeness (QED) is 0.507. The molecule has 3 aromatic carbocycles. The third kappa shape index (κ3) is 5.10. The van der Waals surface area contributed by atoms with E-state index in [1.807, 2.05) is 30.3 Å². The number of benzene rings is 3. The number of nitrogens with zero attached hydrogens (tertiary/aromatic N) is 1. The van der Waals surface area contributed by atoms with Crippen LogP contribution in [0.4, 0.5) is 5.69 Å². The number of amides is 1. The average molecular weight is 489 g/mol. The fourth-order valence-electron chi connectivity index (χ4n) is 3.09. The maximum atomic E-state index is 13.2. The number of carbonyl (C=O) groups is 2. The molecule has 0 aliphatic carbocycles. The summed E-state index contributed by atoms with van der Waals surface area (Å²) in [5.41, 5.74) is 1.29. The van der Waals surface area contributed by atoms with Crippen LogP contribution < -0.4 is 4.72 Å². The van der Waals surface area contributed by atoms with E-state index in [2.05, 4.69) is 4.72 Å². The standard InChI is InChI=1S/C23H21ClN2O6S/c1-26(2)22(28)16-11-18(24)21(27)20(13-16)33(30,31)25-19-12-15(14-7-5-4-6-8-14)9-10-17(19)23(29)32-3/h4-13,25,27H,1-3H3. The van der Waals surface area contributed by atoms with Gasteiger partial charge < -0.3 is 14.7 Å². The number of nitrogens with one attached hydrogen (secondary N) is 1. The van der Waals surface area contributed by atoms with Crippen LogP contribution in [-0.4, -0.2) is 51.5 Å². The van der Waals surface area contributed by atoms with E-state index in [0.717, 1.165) is 11.6 Å². The molecule has 172 valence electrons. The normalized spacial score (nSPS) is 11.0. The first kappa shape index (κ1) is 24.1. The van der Waals surface area contributed by atoms with Gasteiger partial charge in [-0.15, -0.1) is 0 Å². The van der Waals surface area contributed by atoms with E-state index < -0.39 is 32.5 Å². The number of ether oxygens (including phenoxy) is 1. The number of rotatable bonds is 6. The highest BCUT2D eigenvalue weighted by Gasteiger charge is 2.26. The number of phenols is 1. The third-order valence-electron chi connectivity index (χ3n) is 4.75. The van der Waals surface area contributed by atoms with Crippen molar-refractivity contribution in [2.75, 3.05) is 25.9 Å². The number of sulfonamides is 1. The molecule has 0 aromatic heterocycles. The lowest BCUT2D eigenvalue weighted by atomic mass is 10.0. The predicted molar refractivity (Wildman–Crippen MR) is 125 cm³/mol. The van der Waals surface area contributed by atoms with Gasteiger partial charge in [0.2, 0.25) is 0 Å². The number of aromatic hydroxyl groups is 1. The molecule has 0 aliphatic heterocycles. The number of methoxy groups -OCH3 is 1. The summed E-state index contributed by atoms with van der Waals surface area (Å²) in [6, 6.07) is 15.9. The molecule has 0 unspecified atom stereocenters. The van der Waals surface area contributed by atoms with Gasteiger partial charge in [-0.1, -0.05) is 48.0 Å². The zero-order chi connectivity index (χ0) is 24.3. The Morgan fingerprint density at radius 1 is 1.00 bits per heavy atom. The second kappa shape index (κ2) is 9.51. The summed E-state index contributed by atoms with van der Waals surface area (Å²) in [6.45, 7) is 0. The summed E-state index contributed by atoms with van der Waals surface area (Å²) in [4.78, 5) is 25.2. The first-order valence-electron chi connectivity index (χ1n) is 9.60. The van der Waals surface area contributed by atoms with Gasteiger partial charge in [0, 0.05) is 19.7 Å². The molecule has 0 fully saturated rings. The molecule has 33 heavy (non-hydrogen) atoms.